The van der Waals surface area contributed by atoms with Gasteiger partial charge in [0, 0.05) is 28.7 Å². The number of carbonyl (C=O) groups excluding carboxylic acids is 1. The Labute approximate surface area is 178 Å². The predicted octanol–water partition coefficient (Wildman–Crippen LogP) is 5.72. The Morgan fingerprint density at radius 1 is 1.03 bits per heavy atom. The molecule has 0 spiro atoms. The van der Waals surface area contributed by atoms with Crippen LogP contribution in [0.4, 0.5) is 18.9 Å². The van der Waals surface area contributed by atoms with Crippen molar-refractivity contribution in [3.63, 3.8) is 0 Å². The highest BCUT2D eigenvalue weighted by molar-refractivity contribution is 5.95. The average molecular weight is 427 g/mol. The molecule has 7 heteroatoms. The van der Waals surface area contributed by atoms with Gasteiger partial charge in [-0.15, -0.1) is 0 Å². The van der Waals surface area contributed by atoms with E-state index in [0.717, 1.165) is 30.9 Å². The Hall–Kier alpha value is -3.09. The number of fused-ring (bicyclic) bond motifs is 1. The fraction of sp³-hybridized carbons (Fsp3) is 0.333. The van der Waals surface area contributed by atoms with Crippen LogP contribution in [0, 0.1) is 6.92 Å². The second-order valence-electron chi connectivity index (χ2n) is 8.06. The van der Waals surface area contributed by atoms with E-state index in [0.29, 0.717) is 28.6 Å². The van der Waals surface area contributed by atoms with Gasteiger partial charge in [0.15, 0.2) is 0 Å². The van der Waals surface area contributed by atoms with E-state index in [1.165, 1.54) is 0 Å². The fourth-order valence-electron chi connectivity index (χ4n) is 4.20. The van der Waals surface area contributed by atoms with Crippen LogP contribution in [0.1, 0.15) is 47.3 Å². The molecule has 2 aromatic carbocycles. The minimum atomic E-state index is -4.52. The van der Waals surface area contributed by atoms with Crippen molar-refractivity contribution in [2.75, 3.05) is 5.32 Å². The topological polar surface area (TPSA) is 54.0 Å². The van der Waals surface area contributed by atoms with Crippen LogP contribution >= 0.6 is 0 Å². The van der Waals surface area contributed by atoms with Crippen molar-refractivity contribution in [1.82, 2.24) is 10.3 Å². The largest absolute Gasteiger partial charge is 0.433 e. The Balaban J connectivity index is 1.51. The number of pyridine rings is 1. The van der Waals surface area contributed by atoms with Gasteiger partial charge >= 0.3 is 6.18 Å². The smallest absolute Gasteiger partial charge is 0.382 e. The number of rotatable bonds is 4. The molecule has 2 atom stereocenters. The maximum absolute atomic E-state index is 13.3. The first-order chi connectivity index (χ1) is 14.8. The Kier molecular flexibility index (Phi) is 5.85. The van der Waals surface area contributed by atoms with Gasteiger partial charge in [0.1, 0.15) is 5.69 Å². The van der Waals surface area contributed by atoms with Crippen LogP contribution < -0.4 is 10.6 Å². The molecule has 3 aromatic rings. The first-order valence-corrected chi connectivity index (χ1v) is 10.4. The van der Waals surface area contributed by atoms with Gasteiger partial charge in [0.2, 0.25) is 0 Å². The number of hydrogen-bond acceptors (Lipinski definition) is 3. The molecule has 1 aromatic heterocycles. The average Bonchev–Trinajstić information content (AvgIpc) is 2.73. The van der Waals surface area contributed by atoms with Gasteiger partial charge in [-0.3, -0.25) is 4.79 Å². The number of para-hydroxylation sites is 1. The van der Waals surface area contributed by atoms with E-state index in [9.17, 15) is 18.0 Å². The maximum atomic E-state index is 13.3. The first-order valence-electron chi connectivity index (χ1n) is 10.4. The molecule has 0 aliphatic heterocycles. The summed E-state index contributed by atoms with van der Waals surface area (Å²) in [5, 5.41) is 7.05. The van der Waals surface area contributed by atoms with Crippen LogP contribution in [0.2, 0.25) is 0 Å². The molecular formula is C24H24F3N3O. The summed E-state index contributed by atoms with van der Waals surface area (Å²) in [6.45, 7) is 1.90. The van der Waals surface area contributed by atoms with Crippen molar-refractivity contribution < 1.29 is 18.0 Å². The van der Waals surface area contributed by atoms with Crippen molar-refractivity contribution in [1.29, 1.82) is 0 Å². The lowest BCUT2D eigenvalue weighted by Crippen LogP contribution is -2.42. The molecule has 1 fully saturated rings. The zero-order valence-corrected chi connectivity index (χ0v) is 17.2. The summed E-state index contributed by atoms with van der Waals surface area (Å²) in [5.41, 5.74) is 1.38. The second kappa shape index (κ2) is 8.57. The number of carbonyl (C=O) groups is 1. The Morgan fingerprint density at radius 2 is 1.74 bits per heavy atom. The number of aromatic nitrogens is 1. The molecule has 0 unspecified atom stereocenters. The highest BCUT2D eigenvalue weighted by Crippen LogP contribution is 2.34. The van der Waals surface area contributed by atoms with Crippen LogP contribution in [0.15, 0.2) is 54.6 Å². The van der Waals surface area contributed by atoms with E-state index in [4.69, 9.17) is 0 Å². The third kappa shape index (κ3) is 4.81. The van der Waals surface area contributed by atoms with Crippen LogP contribution in [0.5, 0.6) is 0 Å². The van der Waals surface area contributed by atoms with Crippen molar-refractivity contribution >= 4 is 22.5 Å². The number of aryl methyl sites for hydroxylation is 1. The number of alkyl halides is 3. The maximum Gasteiger partial charge on any atom is 0.433 e. The fourth-order valence-corrected chi connectivity index (χ4v) is 4.20. The molecule has 4 rings (SSSR count). The zero-order valence-electron chi connectivity index (χ0n) is 17.2. The van der Waals surface area contributed by atoms with Crippen molar-refractivity contribution in [3.8, 4) is 0 Å². The summed E-state index contributed by atoms with van der Waals surface area (Å²) >= 11 is 0. The molecule has 0 radical (unpaired) electrons. The molecular weight excluding hydrogens is 403 g/mol. The van der Waals surface area contributed by atoms with E-state index in [1.54, 1.807) is 30.3 Å². The van der Waals surface area contributed by atoms with Gasteiger partial charge in [0.05, 0.1) is 5.52 Å². The number of nitrogens with zero attached hydrogens (tertiary/aromatic N) is 1. The van der Waals surface area contributed by atoms with E-state index < -0.39 is 11.9 Å². The lowest BCUT2D eigenvalue weighted by atomic mass is 9.90. The van der Waals surface area contributed by atoms with Gasteiger partial charge < -0.3 is 10.6 Å². The molecule has 1 aliphatic rings. The minimum absolute atomic E-state index is 0.0338. The van der Waals surface area contributed by atoms with Gasteiger partial charge in [0.25, 0.3) is 5.91 Å². The highest BCUT2D eigenvalue weighted by atomic mass is 19.4. The van der Waals surface area contributed by atoms with Crippen LogP contribution in [0.3, 0.4) is 0 Å². The highest BCUT2D eigenvalue weighted by Gasteiger charge is 2.34. The Bertz CT molecular complexity index is 1100. The summed E-state index contributed by atoms with van der Waals surface area (Å²) in [7, 11) is 0. The number of hydrogen-bond donors (Lipinski definition) is 2. The van der Waals surface area contributed by atoms with Crippen molar-refractivity contribution in [2.24, 2.45) is 0 Å². The molecule has 0 saturated heterocycles. The molecule has 2 N–H and O–H groups in total. The lowest BCUT2D eigenvalue weighted by Gasteiger charge is -2.31. The molecule has 1 heterocycles. The predicted molar refractivity (Wildman–Crippen MR) is 115 cm³/mol. The molecule has 1 amide bonds. The lowest BCUT2D eigenvalue weighted by molar-refractivity contribution is -0.140. The number of benzene rings is 2. The molecule has 162 valence electrons. The van der Waals surface area contributed by atoms with Gasteiger partial charge in [-0.05, 0) is 56.4 Å². The molecule has 1 aliphatic carbocycles. The minimum Gasteiger partial charge on any atom is -0.382 e. The van der Waals surface area contributed by atoms with E-state index >= 15 is 0 Å². The monoisotopic (exact) mass is 427 g/mol. The summed E-state index contributed by atoms with van der Waals surface area (Å²) in [6.07, 6.45) is -1.31. The molecule has 4 nitrogen and oxygen atoms in total. The summed E-state index contributed by atoms with van der Waals surface area (Å²) < 4.78 is 40.0. The molecule has 1 saturated carbocycles. The van der Waals surface area contributed by atoms with Crippen LogP contribution in [-0.4, -0.2) is 23.0 Å². The molecule has 31 heavy (non-hydrogen) atoms. The number of halogens is 3. The van der Waals surface area contributed by atoms with Gasteiger partial charge in [-0.25, -0.2) is 4.98 Å². The molecule has 0 bridgehead atoms. The SMILES string of the molecule is Cc1ccccc1C(=O)N[C@@H]1CCC[C@H](Nc2cc(C(F)(F)F)nc3ccccc23)C1. The second-order valence-corrected chi connectivity index (χ2v) is 8.06. The Morgan fingerprint density at radius 3 is 2.52 bits per heavy atom. The van der Waals surface area contributed by atoms with Crippen molar-refractivity contribution in [3.05, 3.63) is 71.4 Å². The number of amides is 1. The quantitative estimate of drug-likeness (QED) is 0.560. The van der Waals surface area contributed by atoms with Gasteiger partial charge in [-0.1, -0.05) is 36.4 Å². The summed E-state index contributed by atoms with van der Waals surface area (Å²) in [5.74, 6) is -0.113. The van der Waals surface area contributed by atoms with E-state index in [-0.39, 0.29) is 18.0 Å². The zero-order chi connectivity index (χ0) is 22.0. The van der Waals surface area contributed by atoms with E-state index in [2.05, 4.69) is 15.6 Å². The third-order valence-corrected chi connectivity index (χ3v) is 5.77. The number of anilines is 1. The van der Waals surface area contributed by atoms with Crippen molar-refractivity contribution in [2.45, 2.75) is 50.9 Å². The first kappa shape index (κ1) is 21.2. The normalized spacial score (nSPS) is 19.2. The number of nitrogens with one attached hydrogen (secondary N) is 2. The summed E-state index contributed by atoms with van der Waals surface area (Å²) in [4.78, 5) is 16.4. The summed E-state index contributed by atoms with van der Waals surface area (Å²) in [6, 6.07) is 15.2. The van der Waals surface area contributed by atoms with Crippen LogP contribution in [-0.2, 0) is 6.18 Å². The van der Waals surface area contributed by atoms with E-state index in [1.807, 2.05) is 25.1 Å². The van der Waals surface area contributed by atoms with Crippen LogP contribution in [0.25, 0.3) is 10.9 Å². The van der Waals surface area contributed by atoms with Gasteiger partial charge in [-0.2, -0.15) is 13.2 Å². The third-order valence-electron chi connectivity index (χ3n) is 5.77. The standard InChI is InChI=1S/C24H24F3N3O/c1-15-7-2-3-10-18(15)23(31)29-17-9-6-8-16(13-17)28-21-14-22(24(25,26)27)30-20-12-5-4-11-19(20)21/h2-5,7,10-12,14,16-17H,6,8-9,13H2,1H3,(H,28,30)(H,29,31)/t16-,17+/m0/s1.